The minimum absolute atomic E-state index is 0.0279. The summed E-state index contributed by atoms with van der Waals surface area (Å²) < 4.78 is 5.79. The Balaban J connectivity index is 1.31. The summed E-state index contributed by atoms with van der Waals surface area (Å²) in [5.41, 5.74) is 1.80. The number of halogens is 1. The number of hydrogen-bond donors (Lipinski definition) is 1. The predicted octanol–water partition coefficient (Wildman–Crippen LogP) is 4.75. The Kier molecular flexibility index (Phi) is 5.92. The molecule has 0 spiro atoms. The van der Waals surface area contributed by atoms with Crippen molar-refractivity contribution in [3.63, 3.8) is 0 Å². The molecule has 2 heterocycles. The van der Waals surface area contributed by atoms with Crippen molar-refractivity contribution in [2.45, 2.75) is 17.9 Å². The van der Waals surface area contributed by atoms with Crippen LogP contribution in [0.2, 0.25) is 5.02 Å². The SMILES string of the molecule is O=C(CCN1C(=O)CSc2ccccc21)NCc1ccc(-c2ccc(Cl)cc2)o1. The normalized spacial score (nSPS) is 13.3. The van der Waals surface area contributed by atoms with Gasteiger partial charge in [0.15, 0.2) is 0 Å². The van der Waals surface area contributed by atoms with Crippen molar-refractivity contribution < 1.29 is 14.0 Å². The van der Waals surface area contributed by atoms with E-state index < -0.39 is 0 Å². The highest BCUT2D eigenvalue weighted by atomic mass is 35.5. The van der Waals surface area contributed by atoms with Crippen molar-refractivity contribution in [2.24, 2.45) is 0 Å². The average Bonchev–Trinajstić information content (AvgIpc) is 3.21. The molecule has 2 amide bonds. The van der Waals surface area contributed by atoms with Gasteiger partial charge in [0.25, 0.3) is 0 Å². The van der Waals surface area contributed by atoms with Crippen LogP contribution >= 0.6 is 23.4 Å². The van der Waals surface area contributed by atoms with Gasteiger partial charge in [-0.1, -0.05) is 23.7 Å². The molecule has 1 N–H and O–H groups in total. The second-order valence-corrected chi connectivity index (χ2v) is 8.05. The van der Waals surface area contributed by atoms with E-state index in [9.17, 15) is 9.59 Å². The van der Waals surface area contributed by atoms with E-state index in [4.69, 9.17) is 16.0 Å². The van der Waals surface area contributed by atoms with Gasteiger partial charge in [-0.05, 0) is 48.5 Å². The molecule has 0 aliphatic carbocycles. The number of carbonyl (C=O) groups is 2. The molecule has 5 nitrogen and oxygen atoms in total. The number of para-hydroxylation sites is 1. The minimum Gasteiger partial charge on any atom is -0.459 e. The average molecular weight is 427 g/mol. The van der Waals surface area contributed by atoms with Crippen LogP contribution in [-0.4, -0.2) is 24.1 Å². The summed E-state index contributed by atoms with van der Waals surface area (Å²) in [4.78, 5) is 27.3. The lowest BCUT2D eigenvalue weighted by atomic mass is 10.2. The number of hydrogen-bond acceptors (Lipinski definition) is 4. The fourth-order valence-corrected chi connectivity index (χ4v) is 4.19. The Morgan fingerprint density at radius 3 is 2.72 bits per heavy atom. The summed E-state index contributed by atoms with van der Waals surface area (Å²) in [5, 5.41) is 3.52. The predicted molar refractivity (Wildman–Crippen MR) is 115 cm³/mol. The molecule has 4 rings (SSSR count). The fourth-order valence-electron chi connectivity index (χ4n) is 3.13. The van der Waals surface area contributed by atoms with E-state index in [-0.39, 0.29) is 18.2 Å². The molecule has 3 aromatic rings. The molecule has 7 heteroatoms. The molecule has 1 aliphatic heterocycles. The summed E-state index contributed by atoms with van der Waals surface area (Å²) >= 11 is 7.44. The van der Waals surface area contributed by atoms with Crippen molar-refractivity contribution >= 4 is 40.9 Å². The van der Waals surface area contributed by atoms with Gasteiger partial charge < -0.3 is 14.6 Å². The first-order valence-corrected chi connectivity index (χ1v) is 10.6. The Labute approximate surface area is 178 Å². The first-order valence-electron chi connectivity index (χ1n) is 9.24. The standard InChI is InChI=1S/C22H19ClN2O3S/c23-16-7-5-15(6-8-16)19-10-9-17(28-19)13-24-21(26)11-12-25-18-3-1-2-4-20(18)29-14-22(25)27/h1-10H,11-14H2,(H,24,26). The molecule has 0 unspecified atom stereocenters. The number of nitrogens with zero attached hydrogens (tertiary/aromatic N) is 1. The van der Waals surface area contributed by atoms with Gasteiger partial charge in [0.2, 0.25) is 11.8 Å². The zero-order valence-electron chi connectivity index (χ0n) is 15.6. The van der Waals surface area contributed by atoms with Gasteiger partial charge in [0.05, 0.1) is 18.0 Å². The van der Waals surface area contributed by atoms with E-state index in [0.29, 0.717) is 29.6 Å². The molecule has 0 atom stereocenters. The molecular formula is C22H19ClN2O3S. The highest BCUT2D eigenvalue weighted by Crippen LogP contribution is 2.34. The van der Waals surface area contributed by atoms with Crippen LogP contribution in [-0.2, 0) is 16.1 Å². The van der Waals surface area contributed by atoms with E-state index >= 15 is 0 Å². The fraction of sp³-hybridized carbons (Fsp3) is 0.182. The Bertz CT molecular complexity index is 1030. The Hall–Kier alpha value is -2.70. The largest absolute Gasteiger partial charge is 0.459 e. The molecule has 1 aromatic heterocycles. The number of fused-ring (bicyclic) bond motifs is 1. The number of nitrogens with one attached hydrogen (secondary N) is 1. The third-order valence-electron chi connectivity index (χ3n) is 4.62. The third-order valence-corrected chi connectivity index (χ3v) is 5.92. The van der Waals surface area contributed by atoms with Gasteiger partial charge in [-0.25, -0.2) is 0 Å². The molecular weight excluding hydrogens is 408 g/mol. The van der Waals surface area contributed by atoms with Crippen LogP contribution < -0.4 is 10.2 Å². The quantitative estimate of drug-likeness (QED) is 0.618. The summed E-state index contributed by atoms with van der Waals surface area (Å²) in [6, 6.07) is 18.8. The Morgan fingerprint density at radius 1 is 1.10 bits per heavy atom. The van der Waals surface area contributed by atoms with Crippen molar-refractivity contribution in [2.75, 3.05) is 17.2 Å². The number of carbonyl (C=O) groups excluding carboxylic acids is 2. The smallest absolute Gasteiger partial charge is 0.237 e. The first-order chi connectivity index (χ1) is 14.1. The van der Waals surface area contributed by atoms with Crippen LogP contribution in [0.1, 0.15) is 12.2 Å². The van der Waals surface area contributed by atoms with E-state index in [1.165, 1.54) is 11.8 Å². The van der Waals surface area contributed by atoms with E-state index in [2.05, 4.69) is 5.32 Å². The molecule has 0 fully saturated rings. The van der Waals surface area contributed by atoms with E-state index in [0.717, 1.165) is 21.9 Å². The maximum atomic E-state index is 12.3. The minimum atomic E-state index is -0.127. The second-order valence-electron chi connectivity index (χ2n) is 6.60. The molecule has 0 saturated heterocycles. The Morgan fingerprint density at radius 2 is 1.90 bits per heavy atom. The van der Waals surface area contributed by atoms with Gasteiger partial charge in [-0.2, -0.15) is 0 Å². The molecule has 29 heavy (non-hydrogen) atoms. The summed E-state index contributed by atoms with van der Waals surface area (Å²) in [6.45, 7) is 0.656. The number of thioether (sulfide) groups is 1. The zero-order chi connectivity index (χ0) is 20.2. The van der Waals surface area contributed by atoms with Crippen LogP contribution in [0.4, 0.5) is 5.69 Å². The molecule has 0 saturated carbocycles. The van der Waals surface area contributed by atoms with Crippen LogP contribution in [0.5, 0.6) is 0 Å². The summed E-state index contributed by atoms with van der Waals surface area (Å²) in [5.74, 6) is 1.69. The number of rotatable bonds is 6. The number of furan rings is 1. The lowest BCUT2D eigenvalue weighted by molar-refractivity contribution is -0.121. The second kappa shape index (κ2) is 8.76. The van der Waals surface area contributed by atoms with Crippen molar-refractivity contribution in [1.82, 2.24) is 5.32 Å². The van der Waals surface area contributed by atoms with Gasteiger partial charge in [0, 0.05) is 28.4 Å². The van der Waals surface area contributed by atoms with E-state index in [1.807, 2.05) is 48.5 Å². The molecule has 1 aliphatic rings. The van der Waals surface area contributed by atoms with Crippen molar-refractivity contribution in [3.05, 3.63) is 71.4 Å². The van der Waals surface area contributed by atoms with E-state index in [1.54, 1.807) is 17.0 Å². The lowest BCUT2D eigenvalue weighted by Gasteiger charge is -2.28. The third kappa shape index (κ3) is 4.66. The van der Waals surface area contributed by atoms with Crippen LogP contribution in [0, 0.1) is 0 Å². The van der Waals surface area contributed by atoms with Gasteiger partial charge >= 0.3 is 0 Å². The first kappa shape index (κ1) is 19.6. The maximum absolute atomic E-state index is 12.3. The summed E-state index contributed by atoms with van der Waals surface area (Å²) in [7, 11) is 0. The zero-order valence-corrected chi connectivity index (χ0v) is 17.1. The highest BCUT2D eigenvalue weighted by molar-refractivity contribution is 8.00. The lowest BCUT2D eigenvalue weighted by Crippen LogP contribution is -2.38. The number of anilines is 1. The number of amides is 2. The molecule has 2 aromatic carbocycles. The number of benzene rings is 2. The van der Waals surface area contributed by atoms with Crippen LogP contribution in [0.15, 0.2) is 70.0 Å². The monoisotopic (exact) mass is 426 g/mol. The molecule has 0 radical (unpaired) electrons. The van der Waals surface area contributed by atoms with Gasteiger partial charge in [0.1, 0.15) is 11.5 Å². The maximum Gasteiger partial charge on any atom is 0.237 e. The van der Waals surface area contributed by atoms with Crippen molar-refractivity contribution in [3.8, 4) is 11.3 Å². The van der Waals surface area contributed by atoms with Crippen LogP contribution in [0.25, 0.3) is 11.3 Å². The highest BCUT2D eigenvalue weighted by Gasteiger charge is 2.24. The topological polar surface area (TPSA) is 62.6 Å². The molecule has 148 valence electrons. The summed E-state index contributed by atoms with van der Waals surface area (Å²) in [6.07, 6.45) is 0.232. The van der Waals surface area contributed by atoms with Gasteiger partial charge in [-0.15, -0.1) is 11.8 Å². The molecule has 0 bridgehead atoms. The van der Waals surface area contributed by atoms with Crippen molar-refractivity contribution in [1.29, 1.82) is 0 Å². The van der Waals surface area contributed by atoms with Crippen LogP contribution in [0.3, 0.4) is 0 Å². The van der Waals surface area contributed by atoms with Gasteiger partial charge in [-0.3, -0.25) is 9.59 Å².